The zero-order valence-electron chi connectivity index (χ0n) is 13.8. The topological polar surface area (TPSA) is 38.0 Å². The van der Waals surface area contributed by atoms with Gasteiger partial charge in [-0.05, 0) is 106 Å². The lowest BCUT2D eigenvalue weighted by molar-refractivity contribution is 0.168. The van der Waals surface area contributed by atoms with Crippen LogP contribution in [0, 0.1) is 47.3 Å². The Morgan fingerprint density at radius 3 is 2.57 bits per heavy atom. The maximum absolute atomic E-state index is 6.02. The molecule has 21 heavy (non-hydrogen) atoms. The Morgan fingerprint density at radius 2 is 1.76 bits per heavy atom. The fourth-order valence-electron chi connectivity index (χ4n) is 6.75. The van der Waals surface area contributed by atoms with Crippen molar-refractivity contribution in [2.24, 2.45) is 53.1 Å². The molecule has 0 saturated heterocycles. The molecule has 0 amide bonds. The SMILES string of the molecule is CC1CC[C@H](CNCC2C3CC4CC(C3)C2C4)C(CN)C1. The first kappa shape index (κ1) is 14.5. The first-order valence-electron chi connectivity index (χ1n) is 9.65. The molecule has 0 heterocycles. The van der Waals surface area contributed by atoms with E-state index in [9.17, 15) is 0 Å². The smallest absolute Gasteiger partial charge is 0.00150 e. The van der Waals surface area contributed by atoms with Crippen molar-refractivity contribution < 1.29 is 0 Å². The summed E-state index contributed by atoms with van der Waals surface area (Å²) in [6.07, 6.45) is 10.5. The molecule has 120 valence electrons. The maximum Gasteiger partial charge on any atom is -0.00150 e. The molecular formula is C19H34N2. The van der Waals surface area contributed by atoms with Crippen LogP contribution in [0.25, 0.3) is 0 Å². The van der Waals surface area contributed by atoms with Crippen molar-refractivity contribution in [2.75, 3.05) is 19.6 Å². The van der Waals surface area contributed by atoms with Crippen LogP contribution in [0.4, 0.5) is 0 Å². The van der Waals surface area contributed by atoms with Gasteiger partial charge in [0.2, 0.25) is 0 Å². The van der Waals surface area contributed by atoms with Gasteiger partial charge in [0.1, 0.15) is 0 Å². The molecule has 3 N–H and O–H groups in total. The van der Waals surface area contributed by atoms with Crippen LogP contribution >= 0.6 is 0 Å². The van der Waals surface area contributed by atoms with E-state index in [0.717, 1.165) is 53.9 Å². The lowest BCUT2D eigenvalue weighted by atomic mass is 9.74. The van der Waals surface area contributed by atoms with Gasteiger partial charge in [-0.25, -0.2) is 0 Å². The molecular weight excluding hydrogens is 256 g/mol. The summed E-state index contributed by atoms with van der Waals surface area (Å²) >= 11 is 0. The van der Waals surface area contributed by atoms with Crippen LogP contribution in [0.5, 0.6) is 0 Å². The normalized spacial score (nSPS) is 51.7. The van der Waals surface area contributed by atoms with Crippen molar-refractivity contribution in [3.05, 3.63) is 0 Å². The Kier molecular flexibility index (Phi) is 4.04. The summed E-state index contributed by atoms with van der Waals surface area (Å²) in [4.78, 5) is 0. The van der Waals surface area contributed by atoms with E-state index in [1.165, 1.54) is 32.4 Å². The molecule has 0 aliphatic heterocycles. The minimum atomic E-state index is 0.775. The molecule has 5 aliphatic carbocycles. The summed E-state index contributed by atoms with van der Waals surface area (Å²) in [5.41, 5.74) is 6.02. The molecule has 4 bridgehead atoms. The highest BCUT2D eigenvalue weighted by molar-refractivity contribution is 5.03. The molecule has 8 atom stereocenters. The Morgan fingerprint density at radius 1 is 0.905 bits per heavy atom. The standard InChI is InChI=1S/C19H34N2/c1-12-2-3-14(17(4-12)9-20)10-21-11-19-16-6-13-5-15(8-16)18(19)7-13/h12-19,21H,2-11,20H2,1H3/t12?,13?,14-,15?,16?,17?,18?,19?/m1/s1. The zero-order valence-corrected chi connectivity index (χ0v) is 13.8. The summed E-state index contributed by atoms with van der Waals surface area (Å²) in [5.74, 6) is 7.96. The third kappa shape index (κ3) is 2.67. The second kappa shape index (κ2) is 5.85. The molecule has 5 rings (SSSR count). The second-order valence-electron chi connectivity index (χ2n) is 8.99. The van der Waals surface area contributed by atoms with Crippen LogP contribution in [0.3, 0.4) is 0 Å². The molecule has 5 aliphatic rings. The minimum Gasteiger partial charge on any atom is -0.330 e. The molecule has 0 aromatic carbocycles. The maximum atomic E-state index is 6.02. The molecule has 5 fully saturated rings. The molecule has 0 aromatic rings. The van der Waals surface area contributed by atoms with Crippen LogP contribution in [-0.4, -0.2) is 19.6 Å². The summed E-state index contributed by atoms with van der Waals surface area (Å²) in [5, 5.41) is 3.89. The van der Waals surface area contributed by atoms with Crippen LogP contribution in [0.1, 0.15) is 51.9 Å². The molecule has 7 unspecified atom stereocenters. The Balaban J connectivity index is 1.26. The number of rotatable bonds is 5. The van der Waals surface area contributed by atoms with E-state index in [4.69, 9.17) is 5.73 Å². The van der Waals surface area contributed by atoms with E-state index >= 15 is 0 Å². The molecule has 0 radical (unpaired) electrons. The highest BCUT2D eigenvalue weighted by atomic mass is 14.9. The first-order valence-corrected chi connectivity index (χ1v) is 9.65. The number of nitrogens with two attached hydrogens (primary N) is 1. The van der Waals surface area contributed by atoms with E-state index in [1.807, 2.05) is 0 Å². The van der Waals surface area contributed by atoms with Crippen LogP contribution in [0.2, 0.25) is 0 Å². The van der Waals surface area contributed by atoms with Crippen molar-refractivity contribution in [3.8, 4) is 0 Å². The van der Waals surface area contributed by atoms with E-state index in [0.29, 0.717) is 0 Å². The van der Waals surface area contributed by atoms with Crippen LogP contribution < -0.4 is 11.1 Å². The zero-order chi connectivity index (χ0) is 14.4. The number of hydrogen-bond acceptors (Lipinski definition) is 2. The van der Waals surface area contributed by atoms with E-state index in [1.54, 1.807) is 25.7 Å². The lowest BCUT2D eigenvalue weighted by Gasteiger charge is -2.36. The van der Waals surface area contributed by atoms with Gasteiger partial charge < -0.3 is 11.1 Å². The number of hydrogen-bond donors (Lipinski definition) is 2. The fraction of sp³-hybridized carbons (Fsp3) is 1.00. The van der Waals surface area contributed by atoms with Gasteiger partial charge >= 0.3 is 0 Å². The molecule has 0 aromatic heterocycles. The van der Waals surface area contributed by atoms with Gasteiger partial charge in [-0.3, -0.25) is 0 Å². The van der Waals surface area contributed by atoms with Gasteiger partial charge in [0.15, 0.2) is 0 Å². The Bertz CT molecular complexity index is 365. The summed E-state index contributed by atoms with van der Waals surface area (Å²) in [6.45, 7) is 5.84. The third-order valence-corrected chi connectivity index (χ3v) is 7.74. The van der Waals surface area contributed by atoms with Crippen molar-refractivity contribution in [2.45, 2.75) is 51.9 Å². The number of nitrogens with one attached hydrogen (secondary N) is 1. The highest BCUT2D eigenvalue weighted by Gasteiger charge is 2.53. The first-order chi connectivity index (χ1) is 10.2. The van der Waals surface area contributed by atoms with Crippen molar-refractivity contribution >= 4 is 0 Å². The van der Waals surface area contributed by atoms with E-state index in [2.05, 4.69) is 12.2 Å². The fourth-order valence-corrected chi connectivity index (χ4v) is 6.75. The highest BCUT2D eigenvalue weighted by Crippen LogP contribution is 2.60. The monoisotopic (exact) mass is 290 g/mol. The van der Waals surface area contributed by atoms with Crippen LogP contribution in [-0.2, 0) is 0 Å². The summed E-state index contributed by atoms with van der Waals surface area (Å²) in [7, 11) is 0. The summed E-state index contributed by atoms with van der Waals surface area (Å²) in [6, 6.07) is 0. The van der Waals surface area contributed by atoms with E-state index in [-0.39, 0.29) is 0 Å². The second-order valence-corrected chi connectivity index (χ2v) is 8.99. The largest absolute Gasteiger partial charge is 0.330 e. The molecule has 2 heteroatoms. The quantitative estimate of drug-likeness (QED) is 0.815. The van der Waals surface area contributed by atoms with E-state index < -0.39 is 0 Å². The summed E-state index contributed by atoms with van der Waals surface area (Å²) < 4.78 is 0. The van der Waals surface area contributed by atoms with Gasteiger partial charge in [-0.15, -0.1) is 0 Å². The third-order valence-electron chi connectivity index (χ3n) is 7.74. The van der Waals surface area contributed by atoms with Gasteiger partial charge in [0.25, 0.3) is 0 Å². The van der Waals surface area contributed by atoms with Crippen LogP contribution in [0.15, 0.2) is 0 Å². The van der Waals surface area contributed by atoms with Gasteiger partial charge in [0.05, 0.1) is 0 Å². The molecule has 2 nitrogen and oxygen atoms in total. The predicted molar refractivity (Wildman–Crippen MR) is 87.8 cm³/mol. The van der Waals surface area contributed by atoms with Crippen molar-refractivity contribution in [1.29, 1.82) is 0 Å². The van der Waals surface area contributed by atoms with Crippen molar-refractivity contribution in [3.63, 3.8) is 0 Å². The van der Waals surface area contributed by atoms with Crippen molar-refractivity contribution in [1.82, 2.24) is 5.32 Å². The molecule has 5 saturated carbocycles. The molecule has 0 spiro atoms. The van der Waals surface area contributed by atoms with Gasteiger partial charge in [-0.2, -0.15) is 0 Å². The Hall–Kier alpha value is -0.0800. The minimum absolute atomic E-state index is 0.775. The van der Waals surface area contributed by atoms with Gasteiger partial charge in [-0.1, -0.05) is 13.3 Å². The lowest BCUT2D eigenvalue weighted by Crippen LogP contribution is -2.39. The average molecular weight is 290 g/mol. The predicted octanol–water partition coefficient (Wildman–Crippen LogP) is 3.27. The Labute approximate surface area is 130 Å². The average Bonchev–Trinajstić information content (AvgIpc) is 2.90. The van der Waals surface area contributed by atoms with Gasteiger partial charge in [0, 0.05) is 0 Å².